The van der Waals surface area contributed by atoms with E-state index in [-0.39, 0.29) is 23.4 Å². The number of anilines is 1. The first-order valence-electron chi connectivity index (χ1n) is 10.00. The quantitative estimate of drug-likeness (QED) is 0.523. The number of hydrogen-bond donors (Lipinski definition) is 3. The maximum absolute atomic E-state index is 13.0. The lowest BCUT2D eigenvalue weighted by molar-refractivity contribution is -0.123. The molecule has 8 heteroatoms. The molecule has 0 aliphatic carbocycles. The molecule has 1 unspecified atom stereocenters. The maximum atomic E-state index is 13.0. The van der Waals surface area contributed by atoms with Crippen molar-refractivity contribution in [2.75, 3.05) is 24.4 Å². The lowest BCUT2D eigenvalue weighted by Crippen LogP contribution is -2.48. The molecule has 166 valence electrons. The standard InChI is InChI=1S/C23H29N3O4S/c1-15(2)24-23(29)20(13-14-31-4)26-22(28)18-7-5-6-8-19(18)25-21(27)16-9-11-17(30-3)12-10-16/h5-12,15,20H,13-14H2,1-4H3,(H,24,29)(H,25,27)(H,26,28). The lowest BCUT2D eigenvalue weighted by atomic mass is 10.1. The van der Waals surface area contributed by atoms with E-state index in [2.05, 4.69) is 16.0 Å². The Bertz CT molecular complexity index is 900. The number of carbonyl (C=O) groups excluding carboxylic acids is 3. The largest absolute Gasteiger partial charge is 0.497 e. The molecule has 3 N–H and O–H groups in total. The molecule has 2 aromatic carbocycles. The van der Waals surface area contributed by atoms with E-state index < -0.39 is 11.9 Å². The zero-order valence-electron chi connectivity index (χ0n) is 18.2. The van der Waals surface area contributed by atoms with E-state index >= 15 is 0 Å². The summed E-state index contributed by atoms with van der Waals surface area (Å²) < 4.78 is 5.11. The highest BCUT2D eigenvalue weighted by Crippen LogP contribution is 2.18. The number of methoxy groups -OCH3 is 1. The maximum Gasteiger partial charge on any atom is 0.255 e. The van der Waals surface area contributed by atoms with Crippen LogP contribution in [0.5, 0.6) is 5.75 Å². The molecule has 0 saturated heterocycles. The number of para-hydroxylation sites is 1. The normalized spacial score (nSPS) is 11.5. The predicted octanol–water partition coefficient (Wildman–Crippen LogP) is 3.32. The van der Waals surface area contributed by atoms with E-state index in [0.717, 1.165) is 5.75 Å². The summed E-state index contributed by atoms with van der Waals surface area (Å²) in [5.74, 6) is 0.381. The van der Waals surface area contributed by atoms with Crippen molar-refractivity contribution in [3.63, 3.8) is 0 Å². The number of thioether (sulfide) groups is 1. The van der Waals surface area contributed by atoms with Gasteiger partial charge in [-0.2, -0.15) is 11.8 Å². The van der Waals surface area contributed by atoms with Crippen LogP contribution in [0.15, 0.2) is 48.5 Å². The van der Waals surface area contributed by atoms with Crippen LogP contribution >= 0.6 is 11.8 Å². The van der Waals surface area contributed by atoms with Crippen LogP contribution in [0.25, 0.3) is 0 Å². The number of rotatable bonds is 10. The van der Waals surface area contributed by atoms with Crippen molar-refractivity contribution in [1.29, 1.82) is 0 Å². The molecule has 0 heterocycles. The van der Waals surface area contributed by atoms with Crippen molar-refractivity contribution >= 4 is 35.2 Å². The summed E-state index contributed by atoms with van der Waals surface area (Å²) in [6.07, 6.45) is 2.45. The Kier molecular flexibility index (Phi) is 9.40. The second kappa shape index (κ2) is 12.0. The monoisotopic (exact) mass is 443 g/mol. The second-order valence-corrected chi connectivity index (χ2v) is 8.18. The van der Waals surface area contributed by atoms with Crippen molar-refractivity contribution in [3.05, 3.63) is 59.7 Å². The topological polar surface area (TPSA) is 96.5 Å². The fourth-order valence-electron chi connectivity index (χ4n) is 2.85. The average Bonchev–Trinajstić information content (AvgIpc) is 2.76. The van der Waals surface area contributed by atoms with Crippen molar-refractivity contribution in [2.24, 2.45) is 0 Å². The highest BCUT2D eigenvalue weighted by molar-refractivity contribution is 7.98. The number of ether oxygens (including phenoxy) is 1. The Labute approximate surface area is 187 Å². The van der Waals surface area contributed by atoms with Crippen LogP contribution in [0, 0.1) is 0 Å². The minimum absolute atomic E-state index is 0.0303. The molecule has 0 fully saturated rings. The molecular weight excluding hydrogens is 414 g/mol. The summed E-state index contributed by atoms with van der Waals surface area (Å²) in [5.41, 5.74) is 1.09. The van der Waals surface area contributed by atoms with Gasteiger partial charge in [0, 0.05) is 11.6 Å². The number of nitrogens with one attached hydrogen (secondary N) is 3. The Morgan fingerprint density at radius 1 is 0.968 bits per heavy atom. The summed E-state index contributed by atoms with van der Waals surface area (Å²) in [7, 11) is 1.55. The molecule has 0 bridgehead atoms. The summed E-state index contributed by atoms with van der Waals surface area (Å²) >= 11 is 1.60. The first kappa shape index (κ1) is 24.3. The van der Waals surface area contributed by atoms with Crippen molar-refractivity contribution in [2.45, 2.75) is 32.4 Å². The molecule has 0 saturated carbocycles. The molecule has 3 amide bonds. The molecule has 1 atom stereocenters. The van der Waals surface area contributed by atoms with E-state index in [0.29, 0.717) is 23.4 Å². The first-order valence-corrected chi connectivity index (χ1v) is 11.4. The van der Waals surface area contributed by atoms with Gasteiger partial charge in [-0.15, -0.1) is 0 Å². The Balaban J connectivity index is 2.16. The van der Waals surface area contributed by atoms with E-state index in [1.807, 2.05) is 20.1 Å². The molecule has 0 spiro atoms. The molecule has 0 aliphatic heterocycles. The van der Waals surface area contributed by atoms with Crippen molar-refractivity contribution in [3.8, 4) is 5.75 Å². The molecule has 0 radical (unpaired) electrons. The van der Waals surface area contributed by atoms with E-state index in [1.54, 1.807) is 67.4 Å². The fraction of sp³-hybridized carbons (Fsp3) is 0.348. The van der Waals surface area contributed by atoms with Gasteiger partial charge in [0.1, 0.15) is 11.8 Å². The molecule has 2 aromatic rings. The van der Waals surface area contributed by atoms with Gasteiger partial charge in [0.2, 0.25) is 5.91 Å². The Morgan fingerprint density at radius 2 is 1.65 bits per heavy atom. The second-order valence-electron chi connectivity index (χ2n) is 7.20. The summed E-state index contributed by atoms with van der Waals surface area (Å²) in [5, 5.41) is 8.43. The van der Waals surface area contributed by atoms with E-state index in [1.165, 1.54) is 0 Å². The number of carbonyl (C=O) groups is 3. The predicted molar refractivity (Wildman–Crippen MR) is 125 cm³/mol. The van der Waals surface area contributed by atoms with Gasteiger partial charge in [0.25, 0.3) is 11.8 Å². The van der Waals surface area contributed by atoms with Crippen molar-refractivity contribution in [1.82, 2.24) is 10.6 Å². The van der Waals surface area contributed by atoms with Gasteiger partial charge in [0.15, 0.2) is 0 Å². The number of hydrogen-bond acceptors (Lipinski definition) is 5. The molecule has 31 heavy (non-hydrogen) atoms. The van der Waals surface area contributed by atoms with E-state index in [4.69, 9.17) is 4.74 Å². The Morgan fingerprint density at radius 3 is 2.26 bits per heavy atom. The zero-order valence-corrected chi connectivity index (χ0v) is 19.0. The van der Waals surface area contributed by atoms with Crippen LogP contribution in [-0.4, -0.2) is 48.9 Å². The van der Waals surface area contributed by atoms with Gasteiger partial charge >= 0.3 is 0 Å². The van der Waals surface area contributed by atoms with Crippen molar-refractivity contribution < 1.29 is 19.1 Å². The molecule has 2 rings (SSSR count). The van der Waals surface area contributed by atoms with Crippen LogP contribution in [0.3, 0.4) is 0 Å². The zero-order chi connectivity index (χ0) is 22.8. The van der Waals surface area contributed by atoms with Crippen LogP contribution < -0.4 is 20.7 Å². The summed E-state index contributed by atoms with van der Waals surface area (Å²) in [6.45, 7) is 3.74. The molecule has 0 aliphatic rings. The van der Waals surface area contributed by atoms with Crippen LogP contribution in [0.2, 0.25) is 0 Å². The highest BCUT2D eigenvalue weighted by atomic mass is 32.2. The van der Waals surface area contributed by atoms with E-state index in [9.17, 15) is 14.4 Å². The fourth-order valence-corrected chi connectivity index (χ4v) is 3.32. The minimum Gasteiger partial charge on any atom is -0.497 e. The summed E-state index contributed by atoms with van der Waals surface area (Å²) in [4.78, 5) is 38.1. The minimum atomic E-state index is -0.660. The van der Waals surface area contributed by atoms with Crippen LogP contribution in [0.4, 0.5) is 5.69 Å². The third-order valence-electron chi connectivity index (χ3n) is 4.44. The van der Waals surface area contributed by atoms with Crippen LogP contribution in [-0.2, 0) is 4.79 Å². The smallest absolute Gasteiger partial charge is 0.255 e. The number of amides is 3. The average molecular weight is 444 g/mol. The SMILES string of the molecule is COc1ccc(C(=O)Nc2ccccc2C(=O)NC(CCSC)C(=O)NC(C)C)cc1. The summed E-state index contributed by atoms with van der Waals surface area (Å²) in [6, 6.07) is 12.7. The van der Waals surface area contributed by atoms with Gasteiger partial charge < -0.3 is 20.7 Å². The third-order valence-corrected chi connectivity index (χ3v) is 5.08. The Hall–Kier alpha value is -3.00. The van der Waals surface area contributed by atoms with Gasteiger partial charge in [-0.25, -0.2) is 0 Å². The van der Waals surface area contributed by atoms with Gasteiger partial charge in [-0.1, -0.05) is 12.1 Å². The highest BCUT2D eigenvalue weighted by Gasteiger charge is 2.23. The lowest BCUT2D eigenvalue weighted by Gasteiger charge is -2.20. The number of benzene rings is 2. The van der Waals surface area contributed by atoms with Gasteiger partial charge in [-0.3, -0.25) is 14.4 Å². The molecule has 7 nitrogen and oxygen atoms in total. The van der Waals surface area contributed by atoms with Gasteiger partial charge in [0.05, 0.1) is 18.4 Å². The third kappa shape index (κ3) is 7.32. The van der Waals surface area contributed by atoms with Crippen LogP contribution in [0.1, 0.15) is 41.0 Å². The molecule has 0 aromatic heterocycles. The first-order chi connectivity index (χ1) is 14.8. The van der Waals surface area contributed by atoms with Gasteiger partial charge in [-0.05, 0) is 68.7 Å². The molecular formula is C23H29N3O4S.